The van der Waals surface area contributed by atoms with Gasteiger partial charge < -0.3 is 10.0 Å². The number of carboxylic acid groups (broad SMARTS) is 1. The van der Waals surface area contributed by atoms with E-state index in [9.17, 15) is 19.5 Å². The molecule has 116 valence electrons. The molecule has 0 aromatic carbocycles. The summed E-state index contributed by atoms with van der Waals surface area (Å²) < 4.78 is 2.02. The fourth-order valence-corrected chi connectivity index (χ4v) is 3.04. The number of rotatable bonds is 4. The van der Waals surface area contributed by atoms with Crippen molar-refractivity contribution in [1.29, 1.82) is 0 Å². The second kappa shape index (κ2) is 5.34. The molecule has 0 aliphatic carbocycles. The summed E-state index contributed by atoms with van der Waals surface area (Å²) in [6.07, 6.45) is 2.29. The predicted molar refractivity (Wildman–Crippen MR) is 76.6 cm³/mol. The lowest BCUT2D eigenvalue weighted by Crippen LogP contribution is -2.54. The smallest absolute Gasteiger partial charge is 0.346 e. The van der Waals surface area contributed by atoms with Crippen molar-refractivity contribution in [2.75, 3.05) is 11.4 Å². The molecular formula is C13H20N4O4. The van der Waals surface area contributed by atoms with Crippen LogP contribution >= 0.6 is 0 Å². The van der Waals surface area contributed by atoms with E-state index in [1.165, 1.54) is 14.1 Å². The van der Waals surface area contributed by atoms with Gasteiger partial charge in [-0.3, -0.25) is 9.36 Å². The zero-order valence-corrected chi connectivity index (χ0v) is 12.5. The highest BCUT2D eigenvalue weighted by atomic mass is 16.4. The first-order valence-corrected chi connectivity index (χ1v) is 7.00. The minimum Gasteiger partial charge on any atom is -0.479 e. The van der Waals surface area contributed by atoms with Gasteiger partial charge in [0.15, 0.2) is 0 Å². The zero-order chi connectivity index (χ0) is 15.8. The maximum absolute atomic E-state index is 12.3. The van der Waals surface area contributed by atoms with E-state index in [1.807, 2.05) is 6.92 Å². The number of aromatic nitrogens is 3. The molecule has 0 bridgehead atoms. The van der Waals surface area contributed by atoms with E-state index in [-0.39, 0.29) is 5.82 Å². The first-order chi connectivity index (χ1) is 9.85. The van der Waals surface area contributed by atoms with Gasteiger partial charge in [-0.15, -0.1) is 5.10 Å². The van der Waals surface area contributed by atoms with Gasteiger partial charge in [0, 0.05) is 20.6 Å². The Morgan fingerprint density at radius 1 is 1.38 bits per heavy atom. The van der Waals surface area contributed by atoms with Crippen LogP contribution in [0, 0.1) is 0 Å². The third-order valence-electron chi connectivity index (χ3n) is 4.11. The molecule has 0 radical (unpaired) electrons. The number of carbonyl (C=O) groups is 1. The third kappa shape index (κ3) is 2.24. The molecule has 1 saturated heterocycles. The van der Waals surface area contributed by atoms with Crippen LogP contribution in [-0.4, -0.2) is 37.5 Å². The Morgan fingerprint density at radius 3 is 2.62 bits per heavy atom. The molecule has 1 aliphatic heterocycles. The minimum absolute atomic E-state index is 0.0351. The van der Waals surface area contributed by atoms with Gasteiger partial charge in [0.25, 0.3) is 5.56 Å². The van der Waals surface area contributed by atoms with Crippen molar-refractivity contribution in [3.8, 4) is 0 Å². The summed E-state index contributed by atoms with van der Waals surface area (Å²) in [6, 6.07) is 0. The molecular weight excluding hydrogens is 276 g/mol. The third-order valence-corrected chi connectivity index (χ3v) is 4.11. The molecule has 1 unspecified atom stereocenters. The SMILES string of the molecule is CCCC1(C(=O)O)CCCN1c1nn(C)c(=O)n(C)c1=O. The topological polar surface area (TPSA) is 97.4 Å². The van der Waals surface area contributed by atoms with Crippen molar-refractivity contribution in [3.63, 3.8) is 0 Å². The average Bonchev–Trinajstić information content (AvgIpc) is 2.86. The van der Waals surface area contributed by atoms with Gasteiger partial charge in [-0.2, -0.15) is 0 Å². The molecule has 0 saturated carbocycles. The Kier molecular flexibility index (Phi) is 3.89. The standard InChI is InChI=1S/C13H20N4O4/c1-4-6-13(11(19)20)7-5-8-17(13)9-10(18)15(2)12(21)16(3)14-9/h4-8H2,1-3H3,(H,19,20). The van der Waals surface area contributed by atoms with Crippen LogP contribution in [0.1, 0.15) is 32.6 Å². The van der Waals surface area contributed by atoms with Gasteiger partial charge in [-0.1, -0.05) is 13.3 Å². The number of hydrogen-bond donors (Lipinski definition) is 1. The van der Waals surface area contributed by atoms with E-state index >= 15 is 0 Å². The molecule has 1 aromatic rings. The van der Waals surface area contributed by atoms with Crippen molar-refractivity contribution in [2.24, 2.45) is 14.1 Å². The largest absolute Gasteiger partial charge is 0.479 e. The monoisotopic (exact) mass is 296 g/mol. The number of anilines is 1. The first kappa shape index (κ1) is 15.3. The summed E-state index contributed by atoms with van der Waals surface area (Å²) in [5.74, 6) is -0.910. The fraction of sp³-hybridized carbons (Fsp3) is 0.692. The van der Waals surface area contributed by atoms with Crippen LogP contribution in [0.3, 0.4) is 0 Å². The van der Waals surface area contributed by atoms with Gasteiger partial charge >= 0.3 is 11.7 Å². The van der Waals surface area contributed by atoms with Crippen LogP contribution in [-0.2, 0) is 18.9 Å². The molecule has 1 aromatic heterocycles. The summed E-state index contributed by atoms with van der Waals surface area (Å²) in [5.41, 5.74) is -2.19. The summed E-state index contributed by atoms with van der Waals surface area (Å²) in [4.78, 5) is 37.4. The number of nitrogens with zero attached hydrogens (tertiary/aromatic N) is 4. The van der Waals surface area contributed by atoms with Crippen LogP contribution in [0.5, 0.6) is 0 Å². The van der Waals surface area contributed by atoms with Crippen LogP contribution in [0.25, 0.3) is 0 Å². The molecule has 8 heteroatoms. The van der Waals surface area contributed by atoms with E-state index in [0.717, 1.165) is 9.25 Å². The average molecular weight is 296 g/mol. The lowest BCUT2D eigenvalue weighted by atomic mass is 9.90. The quantitative estimate of drug-likeness (QED) is 0.819. The van der Waals surface area contributed by atoms with Gasteiger partial charge in [-0.25, -0.2) is 14.3 Å². The van der Waals surface area contributed by atoms with Gasteiger partial charge in [0.05, 0.1) is 0 Å². The maximum atomic E-state index is 12.3. The van der Waals surface area contributed by atoms with Crippen LogP contribution in [0.4, 0.5) is 5.82 Å². The Balaban J connectivity index is 2.63. The second-order valence-corrected chi connectivity index (χ2v) is 5.44. The number of aliphatic carboxylic acids is 1. The van der Waals surface area contributed by atoms with Crippen molar-refractivity contribution in [3.05, 3.63) is 20.8 Å². The van der Waals surface area contributed by atoms with Crippen molar-refractivity contribution >= 4 is 11.8 Å². The molecule has 1 aliphatic rings. The Morgan fingerprint density at radius 2 is 2.05 bits per heavy atom. The molecule has 0 spiro atoms. The Bertz CT molecular complexity index is 678. The van der Waals surface area contributed by atoms with Gasteiger partial charge in [0.2, 0.25) is 5.82 Å². The Hall–Kier alpha value is -2.12. The fourth-order valence-electron chi connectivity index (χ4n) is 3.04. The highest BCUT2D eigenvalue weighted by molar-refractivity contribution is 5.84. The highest BCUT2D eigenvalue weighted by Gasteiger charge is 2.48. The second-order valence-electron chi connectivity index (χ2n) is 5.44. The van der Waals surface area contributed by atoms with E-state index in [4.69, 9.17) is 0 Å². The van der Waals surface area contributed by atoms with Gasteiger partial charge in [0.1, 0.15) is 5.54 Å². The number of carboxylic acids is 1. The summed E-state index contributed by atoms with van der Waals surface area (Å²) >= 11 is 0. The predicted octanol–water partition coefficient (Wildman–Crippen LogP) is -0.297. The number of hydrogen-bond acceptors (Lipinski definition) is 5. The molecule has 8 nitrogen and oxygen atoms in total. The summed E-state index contributed by atoms with van der Waals surface area (Å²) in [5, 5.41) is 13.7. The molecule has 1 fully saturated rings. The zero-order valence-electron chi connectivity index (χ0n) is 12.5. The summed E-state index contributed by atoms with van der Waals surface area (Å²) in [7, 11) is 2.82. The molecule has 0 amide bonds. The van der Waals surface area contributed by atoms with Crippen LogP contribution in [0.15, 0.2) is 9.59 Å². The molecule has 1 N–H and O–H groups in total. The first-order valence-electron chi connectivity index (χ1n) is 7.00. The number of aryl methyl sites for hydroxylation is 1. The molecule has 21 heavy (non-hydrogen) atoms. The molecule has 2 rings (SSSR count). The van der Waals surface area contributed by atoms with Crippen molar-refractivity contribution in [1.82, 2.24) is 14.3 Å². The normalized spacial score (nSPS) is 21.8. The lowest BCUT2D eigenvalue weighted by Gasteiger charge is -2.35. The van der Waals surface area contributed by atoms with E-state index in [2.05, 4.69) is 5.10 Å². The minimum atomic E-state index is -1.11. The van der Waals surface area contributed by atoms with Crippen LogP contribution < -0.4 is 16.1 Å². The maximum Gasteiger partial charge on any atom is 0.346 e. The van der Waals surface area contributed by atoms with Crippen molar-refractivity contribution < 1.29 is 9.90 Å². The highest BCUT2D eigenvalue weighted by Crippen LogP contribution is 2.35. The molecule has 2 heterocycles. The van der Waals surface area contributed by atoms with E-state index < -0.39 is 22.8 Å². The van der Waals surface area contributed by atoms with E-state index in [1.54, 1.807) is 4.90 Å². The van der Waals surface area contributed by atoms with Crippen molar-refractivity contribution in [2.45, 2.75) is 38.1 Å². The Labute approximate surface area is 121 Å². The van der Waals surface area contributed by atoms with E-state index in [0.29, 0.717) is 32.2 Å². The lowest BCUT2D eigenvalue weighted by molar-refractivity contribution is -0.143. The summed E-state index contributed by atoms with van der Waals surface area (Å²) in [6.45, 7) is 2.36. The van der Waals surface area contributed by atoms with Gasteiger partial charge in [-0.05, 0) is 19.3 Å². The molecule has 1 atom stereocenters. The van der Waals surface area contributed by atoms with Crippen LogP contribution in [0.2, 0.25) is 0 Å².